The van der Waals surface area contributed by atoms with Crippen molar-refractivity contribution in [2.45, 2.75) is 36.6 Å². The molecule has 1 heterocycles. The number of sulfonamides is 1. The van der Waals surface area contributed by atoms with E-state index in [2.05, 4.69) is 21.2 Å². The van der Waals surface area contributed by atoms with Gasteiger partial charge in [-0.1, -0.05) is 22.0 Å². The van der Waals surface area contributed by atoms with E-state index in [-0.39, 0.29) is 6.04 Å². The first-order valence-corrected chi connectivity index (χ1v) is 9.79. The van der Waals surface area contributed by atoms with Crippen LogP contribution in [-0.2, 0) is 10.0 Å². The molecular weight excluding hydrogens is 352 g/mol. The molecule has 3 rings (SSSR count). The molecule has 1 aromatic rings. The predicted molar refractivity (Wildman–Crippen MR) is 86.6 cm³/mol. The molecule has 0 aromatic heterocycles. The van der Waals surface area contributed by atoms with Gasteiger partial charge in [-0.15, -0.1) is 0 Å². The molecule has 0 radical (unpaired) electrons. The van der Waals surface area contributed by atoms with Crippen molar-refractivity contribution in [2.75, 3.05) is 19.6 Å². The van der Waals surface area contributed by atoms with Crippen LogP contribution in [0, 0.1) is 5.92 Å². The van der Waals surface area contributed by atoms with E-state index in [0.29, 0.717) is 17.4 Å². The molecule has 6 heteroatoms. The molecule has 1 N–H and O–H groups in total. The first-order valence-electron chi connectivity index (χ1n) is 7.55. The summed E-state index contributed by atoms with van der Waals surface area (Å²) in [7, 11) is -3.38. The van der Waals surface area contributed by atoms with Crippen LogP contribution in [0.5, 0.6) is 0 Å². The summed E-state index contributed by atoms with van der Waals surface area (Å²) in [6.07, 6.45) is 4.24. The highest BCUT2D eigenvalue weighted by Crippen LogP contribution is 2.34. The van der Waals surface area contributed by atoms with Gasteiger partial charge in [0.2, 0.25) is 10.0 Å². The molecule has 0 bridgehead atoms. The maximum atomic E-state index is 12.9. The van der Waals surface area contributed by atoms with Gasteiger partial charge in [-0.25, -0.2) is 8.42 Å². The Morgan fingerprint density at radius 3 is 2.71 bits per heavy atom. The Hall–Kier alpha value is -0.430. The molecule has 0 spiro atoms. The van der Waals surface area contributed by atoms with Crippen LogP contribution < -0.4 is 5.32 Å². The molecule has 4 nitrogen and oxygen atoms in total. The highest BCUT2D eigenvalue weighted by atomic mass is 79.9. The maximum absolute atomic E-state index is 12.9. The van der Waals surface area contributed by atoms with Crippen LogP contribution in [0.15, 0.2) is 33.6 Å². The first kappa shape index (κ1) is 15.5. The average Bonchev–Trinajstić information content (AvgIpc) is 3.30. The van der Waals surface area contributed by atoms with Gasteiger partial charge in [-0.3, -0.25) is 0 Å². The SMILES string of the molecule is O=S(=O)(c1cccc(Br)c1)N(CC1CCCNC1)C1CC1. The minimum atomic E-state index is -3.38. The molecule has 1 aromatic carbocycles. The lowest BCUT2D eigenvalue weighted by Crippen LogP contribution is -2.42. The molecule has 1 unspecified atom stereocenters. The van der Waals surface area contributed by atoms with Gasteiger partial charge in [0.05, 0.1) is 4.90 Å². The van der Waals surface area contributed by atoms with Crippen LogP contribution >= 0.6 is 15.9 Å². The van der Waals surface area contributed by atoms with Crippen LogP contribution in [0.3, 0.4) is 0 Å². The fourth-order valence-corrected chi connectivity index (χ4v) is 5.26. The number of hydrogen-bond acceptors (Lipinski definition) is 3. The van der Waals surface area contributed by atoms with E-state index >= 15 is 0 Å². The molecule has 2 fully saturated rings. The summed E-state index contributed by atoms with van der Waals surface area (Å²) in [5, 5.41) is 3.37. The van der Waals surface area contributed by atoms with Gasteiger partial charge in [0, 0.05) is 17.1 Å². The van der Waals surface area contributed by atoms with Crippen molar-refractivity contribution in [2.24, 2.45) is 5.92 Å². The lowest BCUT2D eigenvalue weighted by molar-refractivity contribution is 0.286. The minimum absolute atomic E-state index is 0.205. The zero-order chi connectivity index (χ0) is 14.9. The van der Waals surface area contributed by atoms with Gasteiger partial charge in [0.25, 0.3) is 0 Å². The molecule has 116 valence electrons. The molecule has 21 heavy (non-hydrogen) atoms. The number of benzene rings is 1. The number of nitrogens with one attached hydrogen (secondary N) is 1. The fourth-order valence-electron chi connectivity index (χ4n) is 2.90. The van der Waals surface area contributed by atoms with E-state index in [1.165, 1.54) is 0 Å². The summed E-state index contributed by atoms with van der Waals surface area (Å²) < 4.78 is 28.4. The molecular formula is C15H21BrN2O2S. The standard InChI is InChI=1S/C15H21BrN2O2S/c16-13-4-1-5-15(9-13)21(19,20)18(14-6-7-14)11-12-3-2-8-17-10-12/h1,4-5,9,12,14,17H,2-3,6-8,10-11H2. The number of nitrogens with zero attached hydrogens (tertiary/aromatic N) is 1. The van der Waals surface area contributed by atoms with Crippen molar-refractivity contribution in [1.29, 1.82) is 0 Å². The highest BCUT2D eigenvalue weighted by molar-refractivity contribution is 9.10. The molecule has 1 aliphatic carbocycles. The topological polar surface area (TPSA) is 49.4 Å². The zero-order valence-corrected chi connectivity index (χ0v) is 14.4. The van der Waals surface area contributed by atoms with Crippen LogP contribution in [0.1, 0.15) is 25.7 Å². The molecule has 1 saturated carbocycles. The third-order valence-corrected chi connectivity index (χ3v) is 6.60. The second kappa shape index (κ2) is 6.36. The average molecular weight is 373 g/mol. The van der Waals surface area contributed by atoms with Gasteiger partial charge >= 0.3 is 0 Å². The van der Waals surface area contributed by atoms with E-state index in [9.17, 15) is 8.42 Å². The summed E-state index contributed by atoms with van der Waals surface area (Å²) >= 11 is 3.36. The van der Waals surface area contributed by atoms with Crippen molar-refractivity contribution in [3.8, 4) is 0 Å². The summed E-state index contributed by atoms with van der Waals surface area (Å²) in [5.41, 5.74) is 0. The predicted octanol–water partition coefficient (Wildman–Crippen LogP) is 2.60. The number of halogens is 1. The summed E-state index contributed by atoms with van der Waals surface area (Å²) in [6.45, 7) is 2.63. The van der Waals surface area contributed by atoms with Gasteiger partial charge in [-0.2, -0.15) is 4.31 Å². The largest absolute Gasteiger partial charge is 0.316 e. The van der Waals surface area contributed by atoms with Gasteiger partial charge in [0.1, 0.15) is 0 Å². The molecule has 1 saturated heterocycles. The van der Waals surface area contributed by atoms with Gasteiger partial charge in [0.15, 0.2) is 0 Å². The Balaban J connectivity index is 1.82. The van der Waals surface area contributed by atoms with Crippen LogP contribution in [0.2, 0.25) is 0 Å². The van der Waals surface area contributed by atoms with Gasteiger partial charge in [-0.05, 0) is 62.9 Å². The van der Waals surface area contributed by atoms with Crippen LogP contribution in [0.25, 0.3) is 0 Å². The third-order valence-electron chi connectivity index (χ3n) is 4.19. The van der Waals surface area contributed by atoms with E-state index < -0.39 is 10.0 Å². The second-order valence-corrected chi connectivity index (χ2v) is 8.78. The Kier molecular flexibility index (Phi) is 4.69. The maximum Gasteiger partial charge on any atom is 0.243 e. The number of rotatable bonds is 5. The highest BCUT2D eigenvalue weighted by Gasteiger charge is 2.39. The van der Waals surface area contributed by atoms with Crippen molar-refractivity contribution >= 4 is 26.0 Å². The number of piperidine rings is 1. The van der Waals surface area contributed by atoms with Crippen molar-refractivity contribution < 1.29 is 8.42 Å². The van der Waals surface area contributed by atoms with Crippen molar-refractivity contribution in [1.82, 2.24) is 9.62 Å². The lowest BCUT2D eigenvalue weighted by Gasteiger charge is -2.29. The quantitative estimate of drug-likeness (QED) is 0.863. The molecule has 2 aliphatic rings. The Bertz CT molecular complexity index is 595. The zero-order valence-electron chi connectivity index (χ0n) is 12.0. The molecule has 1 aliphatic heterocycles. The molecule has 0 amide bonds. The Labute approximate surface area is 135 Å². The number of hydrogen-bond donors (Lipinski definition) is 1. The summed E-state index contributed by atoms with van der Waals surface area (Å²) in [5.74, 6) is 0.432. The van der Waals surface area contributed by atoms with Crippen LogP contribution in [-0.4, -0.2) is 38.4 Å². The van der Waals surface area contributed by atoms with E-state index in [1.807, 2.05) is 6.07 Å². The van der Waals surface area contributed by atoms with Crippen molar-refractivity contribution in [3.05, 3.63) is 28.7 Å². The minimum Gasteiger partial charge on any atom is -0.316 e. The van der Waals surface area contributed by atoms with Crippen LogP contribution in [0.4, 0.5) is 0 Å². The molecule has 1 atom stereocenters. The summed E-state index contributed by atoms with van der Waals surface area (Å²) in [6, 6.07) is 7.23. The first-order chi connectivity index (χ1) is 10.1. The fraction of sp³-hybridized carbons (Fsp3) is 0.600. The Morgan fingerprint density at radius 2 is 2.10 bits per heavy atom. The van der Waals surface area contributed by atoms with E-state index in [0.717, 1.165) is 43.2 Å². The lowest BCUT2D eigenvalue weighted by atomic mass is 10.00. The van der Waals surface area contributed by atoms with E-state index in [1.54, 1.807) is 22.5 Å². The van der Waals surface area contributed by atoms with E-state index in [4.69, 9.17) is 0 Å². The van der Waals surface area contributed by atoms with Gasteiger partial charge < -0.3 is 5.32 Å². The third kappa shape index (κ3) is 3.67. The Morgan fingerprint density at radius 1 is 1.29 bits per heavy atom. The smallest absolute Gasteiger partial charge is 0.243 e. The monoisotopic (exact) mass is 372 g/mol. The normalized spacial score (nSPS) is 23.4. The summed E-state index contributed by atoms with van der Waals surface area (Å²) in [4.78, 5) is 0.396. The van der Waals surface area contributed by atoms with Crippen molar-refractivity contribution in [3.63, 3.8) is 0 Å². The second-order valence-electron chi connectivity index (χ2n) is 5.98.